The van der Waals surface area contributed by atoms with Crippen LogP contribution in [0.25, 0.3) is 0 Å². The van der Waals surface area contributed by atoms with E-state index in [1.165, 1.54) is 6.07 Å². The first-order valence-corrected chi connectivity index (χ1v) is 7.12. The summed E-state index contributed by atoms with van der Waals surface area (Å²) in [5, 5.41) is 15.6. The third-order valence-electron chi connectivity index (χ3n) is 3.08. The monoisotopic (exact) mass is 279 g/mol. The van der Waals surface area contributed by atoms with Crippen molar-refractivity contribution in [2.45, 2.75) is 13.3 Å². The molecule has 1 aromatic rings. The SMILES string of the molecule is CCCN(CCNC)CCNC(=O)c1ccccc1O. The number of amides is 1. The molecule has 0 aliphatic rings. The van der Waals surface area contributed by atoms with Crippen LogP contribution in [0.15, 0.2) is 24.3 Å². The van der Waals surface area contributed by atoms with E-state index in [0.717, 1.165) is 32.6 Å². The maximum atomic E-state index is 11.9. The van der Waals surface area contributed by atoms with Crippen molar-refractivity contribution in [1.82, 2.24) is 15.5 Å². The average Bonchev–Trinajstić information content (AvgIpc) is 2.45. The molecule has 3 N–H and O–H groups in total. The minimum absolute atomic E-state index is 0.0191. The lowest BCUT2D eigenvalue weighted by molar-refractivity contribution is 0.0945. The number of hydrogen-bond donors (Lipinski definition) is 3. The highest BCUT2D eigenvalue weighted by atomic mass is 16.3. The molecule has 0 bridgehead atoms. The fourth-order valence-corrected chi connectivity index (χ4v) is 2.01. The van der Waals surface area contributed by atoms with Gasteiger partial charge in [-0.1, -0.05) is 19.1 Å². The molecule has 0 heterocycles. The third-order valence-corrected chi connectivity index (χ3v) is 3.08. The summed E-state index contributed by atoms with van der Waals surface area (Å²) in [4.78, 5) is 14.2. The number of phenolic OH excluding ortho intramolecular Hbond substituents is 1. The second-order valence-corrected chi connectivity index (χ2v) is 4.72. The summed E-state index contributed by atoms with van der Waals surface area (Å²) < 4.78 is 0. The topological polar surface area (TPSA) is 64.6 Å². The molecule has 20 heavy (non-hydrogen) atoms. The molecule has 0 spiro atoms. The molecule has 1 rings (SSSR count). The minimum atomic E-state index is -0.229. The number of benzene rings is 1. The molecule has 5 nitrogen and oxygen atoms in total. The van der Waals surface area contributed by atoms with E-state index in [4.69, 9.17) is 0 Å². The summed E-state index contributed by atoms with van der Waals surface area (Å²) in [6.45, 7) is 6.47. The summed E-state index contributed by atoms with van der Waals surface area (Å²) in [5.74, 6) is -0.209. The van der Waals surface area contributed by atoms with Gasteiger partial charge >= 0.3 is 0 Å². The highest BCUT2D eigenvalue weighted by Gasteiger charge is 2.10. The number of rotatable bonds is 9. The van der Waals surface area contributed by atoms with Crippen LogP contribution in [0.2, 0.25) is 0 Å². The quantitative estimate of drug-likeness (QED) is 0.632. The average molecular weight is 279 g/mol. The largest absolute Gasteiger partial charge is 0.507 e. The van der Waals surface area contributed by atoms with Crippen molar-refractivity contribution in [3.63, 3.8) is 0 Å². The van der Waals surface area contributed by atoms with Crippen molar-refractivity contribution >= 4 is 5.91 Å². The van der Waals surface area contributed by atoms with Crippen molar-refractivity contribution in [2.24, 2.45) is 0 Å². The molecule has 0 radical (unpaired) electrons. The van der Waals surface area contributed by atoms with Gasteiger partial charge in [0.1, 0.15) is 5.75 Å². The summed E-state index contributed by atoms with van der Waals surface area (Å²) in [5.41, 5.74) is 0.324. The number of hydrogen-bond acceptors (Lipinski definition) is 4. The van der Waals surface area contributed by atoms with Crippen LogP contribution in [-0.2, 0) is 0 Å². The van der Waals surface area contributed by atoms with Gasteiger partial charge in [0.05, 0.1) is 5.56 Å². The van der Waals surface area contributed by atoms with Crippen molar-refractivity contribution in [3.05, 3.63) is 29.8 Å². The number of likely N-dealkylation sites (N-methyl/N-ethyl adjacent to an activating group) is 1. The zero-order valence-corrected chi connectivity index (χ0v) is 12.4. The van der Waals surface area contributed by atoms with Gasteiger partial charge < -0.3 is 20.6 Å². The number of nitrogens with one attached hydrogen (secondary N) is 2. The zero-order valence-electron chi connectivity index (χ0n) is 12.4. The van der Waals surface area contributed by atoms with E-state index in [2.05, 4.69) is 22.5 Å². The highest BCUT2D eigenvalue weighted by Crippen LogP contribution is 2.14. The van der Waals surface area contributed by atoms with Gasteiger partial charge in [0.25, 0.3) is 5.91 Å². The number of carbonyl (C=O) groups excluding carboxylic acids is 1. The van der Waals surface area contributed by atoms with Gasteiger partial charge in [0, 0.05) is 26.2 Å². The summed E-state index contributed by atoms with van der Waals surface area (Å²) >= 11 is 0. The first-order chi connectivity index (χ1) is 9.69. The van der Waals surface area contributed by atoms with Crippen molar-refractivity contribution < 1.29 is 9.90 Å². The van der Waals surface area contributed by atoms with Gasteiger partial charge in [-0.25, -0.2) is 0 Å². The predicted molar refractivity (Wildman–Crippen MR) is 81.1 cm³/mol. The molecule has 0 saturated heterocycles. The molecule has 5 heteroatoms. The summed E-state index contributed by atoms with van der Waals surface area (Å²) in [6, 6.07) is 6.58. The van der Waals surface area contributed by atoms with Gasteiger partial charge in [0.15, 0.2) is 0 Å². The predicted octanol–water partition coefficient (Wildman–Crippen LogP) is 1.05. The van der Waals surface area contributed by atoms with Crippen LogP contribution < -0.4 is 10.6 Å². The Bertz CT molecular complexity index is 410. The van der Waals surface area contributed by atoms with Crippen LogP contribution in [0.5, 0.6) is 5.75 Å². The van der Waals surface area contributed by atoms with E-state index in [0.29, 0.717) is 12.1 Å². The summed E-state index contributed by atoms with van der Waals surface area (Å²) in [6.07, 6.45) is 1.09. The first-order valence-electron chi connectivity index (χ1n) is 7.12. The Morgan fingerprint density at radius 1 is 1.20 bits per heavy atom. The summed E-state index contributed by atoms with van der Waals surface area (Å²) in [7, 11) is 1.93. The molecule has 112 valence electrons. The van der Waals surface area contributed by atoms with Gasteiger partial charge in [-0.2, -0.15) is 0 Å². The molecule has 0 fully saturated rings. The van der Waals surface area contributed by atoms with Gasteiger partial charge in [-0.05, 0) is 32.1 Å². The highest BCUT2D eigenvalue weighted by molar-refractivity contribution is 5.96. The normalized spacial score (nSPS) is 10.8. The van der Waals surface area contributed by atoms with Crippen molar-refractivity contribution in [1.29, 1.82) is 0 Å². The van der Waals surface area contributed by atoms with E-state index in [-0.39, 0.29) is 11.7 Å². The third kappa shape index (κ3) is 5.59. The van der Waals surface area contributed by atoms with Crippen LogP contribution >= 0.6 is 0 Å². The Kier molecular flexibility index (Phi) is 7.69. The fourth-order valence-electron chi connectivity index (χ4n) is 2.01. The Morgan fingerprint density at radius 3 is 2.55 bits per heavy atom. The van der Waals surface area contributed by atoms with E-state index >= 15 is 0 Å². The van der Waals surface area contributed by atoms with Crippen molar-refractivity contribution in [3.8, 4) is 5.75 Å². The lowest BCUT2D eigenvalue weighted by Crippen LogP contribution is -2.38. The molecule has 0 unspecified atom stereocenters. The number of para-hydroxylation sites is 1. The van der Waals surface area contributed by atoms with Crippen LogP contribution in [-0.4, -0.2) is 55.7 Å². The van der Waals surface area contributed by atoms with Gasteiger partial charge in [-0.3, -0.25) is 4.79 Å². The maximum absolute atomic E-state index is 11.9. The van der Waals surface area contributed by atoms with E-state index in [9.17, 15) is 9.90 Å². The molecule has 0 atom stereocenters. The minimum Gasteiger partial charge on any atom is -0.507 e. The lowest BCUT2D eigenvalue weighted by atomic mass is 10.2. The molecule has 1 amide bonds. The number of aromatic hydroxyl groups is 1. The van der Waals surface area contributed by atoms with Crippen LogP contribution in [0, 0.1) is 0 Å². The smallest absolute Gasteiger partial charge is 0.255 e. The molecular formula is C15H25N3O2. The van der Waals surface area contributed by atoms with Crippen LogP contribution in [0.1, 0.15) is 23.7 Å². The Labute approximate surface area is 121 Å². The fraction of sp³-hybridized carbons (Fsp3) is 0.533. The first kappa shape index (κ1) is 16.5. The molecule has 0 aliphatic carbocycles. The van der Waals surface area contributed by atoms with E-state index < -0.39 is 0 Å². The molecular weight excluding hydrogens is 254 g/mol. The molecule has 0 aliphatic heterocycles. The van der Waals surface area contributed by atoms with Crippen LogP contribution in [0.3, 0.4) is 0 Å². The zero-order chi connectivity index (χ0) is 14.8. The Hall–Kier alpha value is -1.59. The van der Waals surface area contributed by atoms with Crippen LogP contribution in [0.4, 0.5) is 0 Å². The second kappa shape index (κ2) is 9.34. The van der Waals surface area contributed by atoms with E-state index in [1.807, 2.05) is 7.05 Å². The molecule has 1 aromatic carbocycles. The Balaban J connectivity index is 2.38. The number of nitrogens with zero attached hydrogens (tertiary/aromatic N) is 1. The standard InChI is InChI=1S/C15H25N3O2/c1-3-10-18(11-8-16-2)12-9-17-15(20)13-6-4-5-7-14(13)19/h4-7,16,19H,3,8-12H2,1-2H3,(H,17,20). The molecule has 0 saturated carbocycles. The maximum Gasteiger partial charge on any atom is 0.255 e. The number of phenols is 1. The molecule has 0 aromatic heterocycles. The van der Waals surface area contributed by atoms with E-state index in [1.54, 1.807) is 18.2 Å². The van der Waals surface area contributed by atoms with Gasteiger partial charge in [0.2, 0.25) is 0 Å². The Morgan fingerprint density at radius 2 is 1.90 bits per heavy atom. The van der Waals surface area contributed by atoms with Crippen molar-refractivity contribution in [2.75, 3.05) is 39.8 Å². The second-order valence-electron chi connectivity index (χ2n) is 4.72. The lowest BCUT2D eigenvalue weighted by Gasteiger charge is -2.21. The van der Waals surface area contributed by atoms with Gasteiger partial charge in [-0.15, -0.1) is 0 Å². The number of carbonyl (C=O) groups is 1.